The second-order valence-electron chi connectivity index (χ2n) is 7.49. The topological polar surface area (TPSA) is 55.9 Å². The maximum Gasteiger partial charge on any atom is 0.321 e. The Kier molecular flexibility index (Phi) is 7.71. The SMILES string of the molecule is CCN(C)C(C(=O)N1CCCN(C(=O)Nc2cccc(Cl)c2)CC1)c1ccccc1. The van der Waals surface area contributed by atoms with Crippen LogP contribution in [-0.2, 0) is 4.79 Å². The van der Waals surface area contributed by atoms with E-state index in [1.165, 1.54) is 0 Å². The molecule has 0 radical (unpaired) electrons. The third-order valence-corrected chi connectivity index (χ3v) is 5.69. The zero-order valence-electron chi connectivity index (χ0n) is 17.6. The standard InChI is InChI=1S/C23H29ClN4O2/c1-3-26(2)21(18-9-5-4-6-10-18)22(29)27-13-8-14-28(16-15-27)23(30)25-20-12-7-11-19(24)17-20/h4-7,9-12,17,21H,3,8,13-16H2,1-2H3,(H,25,30). The zero-order chi connectivity index (χ0) is 21.5. The molecule has 7 heteroatoms. The van der Waals surface area contributed by atoms with Gasteiger partial charge in [0.2, 0.25) is 5.91 Å². The van der Waals surface area contributed by atoms with Gasteiger partial charge in [0.05, 0.1) is 0 Å². The number of nitrogens with one attached hydrogen (secondary N) is 1. The minimum Gasteiger partial charge on any atom is -0.339 e. The summed E-state index contributed by atoms with van der Waals surface area (Å²) in [5.74, 6) is 0.0858. The van der Waals surface area contributed by atoms with Crippen molar-refractivity contribution in [2.75, 3.05) is 45.1 Å². The lowest BCUT2D eigenvalue weighted by Crippen LogP contribution is -2.44. The number of halogens is 1. The molecule has 0 bridgehead atoms. The van der Waals surface area contributed by atoms with E-state index < -0.39 is 0 Å². The molecular formula is C23H29ClN4O2. The highest BCUT2D eigenvalue weighted by Gasteiger charge is 2.30. The van der Waals surface area contributed by atoms with Gasteiger partial charge < -0.3 is 15.1 Å². The van der Waals surface area contributed by atoms with E-state index >= 15 is 0 Å². The van der Waals surface area contributed by atoms with Crippen LogP contribution in [0.3, 0.4) is 0 Å². The van der Waals surface area contributed by atoms with Gasteiger partial charge in [-0.2, -0.15) is 0 Å². The molecule has 1 N–H and O–H groups in total. The quantitative estimate of drug-likeness (QED) is 0.780. The molecule has 2 aromatic rings. The first-order valence-electron chi connectivity index (χ1n) is 10.3. The number of amides is 3. The number of benzene rings is 2. The number of anilines is 1. The molecule has 1 saturated heterocycles. The predicted molar refractivity (Wildman–Crippen MR) is 121 cm³/mol. The molecule has 30 heavy (non-hydrogen) atoms. The molecule has 1 heterocycles. The van der Waals surface area contributed by atoms with Crippen molar-refractivity contribution in [2.24, 2.45) is 0 Å². The third kappa shape index (κ3) is 5.52. The van der Waals surface area contributed by atoms with E-state index in [-0.39, 0.29) is 18.0 Å². The van der Waals surface area contributed by atoms with Gasteiger partial charge in [0, 0.05) is 36.9 Å². The van der Waals surface area contributed by atoms with E-state index in [0.717, 1.165) is 18.5 Å². The second-order valence-corrected chi connectivity index (χ2v) is 7.93. The van der Waals surface area contributed by atoms with Gasteiger partial charge >= 0.3 is 6.03 Å². The minimum absolute atomic E-state index is 0.0858. The fraction of sp³-hybridized carbons (Fsp3) is 0.391. The summed E-state index contributed by atoms with van der Waals surface area (Å²) < 4.78 is 0. The van der Waals surface area contributed by atoms with Gasteiger partial charge in [-0.1, -0.05) is 54.9 Å². The molecule has 3 rings (SSSR count). The molecule has 1 aliphatic rings. The third-order valence-electron chi connectivity index (χ3n) is 5.46. The fourth-order valence-electron chi connectivity index (χ4n) is 3.69. The fourth-order valence-corrected chi connectivity index (χ4v) is 3.88. The zero-order valence-corrected chi connectivity index (χ0v) is 18.3. The highest BCUT2D eigenvalue weighted by atomic mass is 35.5. The lowest BCUT2D eigenvalue weighted by Gasteiger charge is -2.31. The molecule has 3 amide bonds. The van der Waals surface area contributed by atoms with Crippen LogP contribution in [-0.4, -0.2) is 66.4 Å². The minimum atomic E-state index is -0.317. The average Bonchev–Trinajstić information content (AvgIpc) is 3.01. The summed E-state index contributed by atoms with van der Waals surface area (Å²) in [7, 11) is 1.97. The summed E-state index contributed by atoms with van der Waals surface area (Å²) in [6, 6.07) is 16.5. The van der Waals surface area contributed by atoms with Crippen LogP contribution in [0.5, 0.6) is 0 Å². The van der Waals surface area contributed by atoms with Crippen molar-refractivity contribution in [1.82, 2.24) is 14.7 Å². The van der Waals surface area contributed by atoms with Gasteiger partial charge in [-0.3, -0.25) is 9.69 Å². The lowest BCUT2D eigenvalue weighted by atomic mass is 10.0. The first-order valence-corrected chi connectivity index (χ1v) is 10.7. The van der Waals surface area contributed by atoms with E-state index in [4.69, 9.17) is 11.6 Å². The van der Waals surface area contributed by atoms with Gasteiger partial charge in [0.25, 0.3) is 0 Å². The highest BCUT2D eigenvalue weighted by Crippen LogP contribution is 2.23. The molecule has 0 aliphatic carbocycles. The van der Waals surface area contributed by atoms with Crippen molar-refractivity contribution in [3.63, 3.8) is 0 Å². The summed E-state index contributed by atoms with van der Waals surface area (Å²) in [5.41, 5.74) is 1.66. The van der Waals surface area contributed by atoms with E-state index in [0.29, 0.717) is 36.9 Å². The Bertz CT molecular complexity index is 861. The largest absolute Gasteiger partial charge is 0.339 e. The van der Waals surface area contributed by atoms with Gasteiger partial charge in [0.1, 0.15) is 6.04 Å². The molecule has 160 valence electrons. The average molecular weight is 429 g/mol. The van der Waals surface area contributed by atoms with Crippen LogP contribution in [0, 0.1) is 0 Å². The molecule has 0 aromatic heterocycles. The Morgan fingerprint density at radius 2 is 1.73 bits per heavy atom. The van der Waals surface area contributed by atoms with Gasteiger partial charge in [-0.15, -0.1) is 0 Å². The second kappa shape index (κ2) is 10.5. The van der Waals surface area contributed by atoms with Crippen molar-refractivity contribution in [3.05, 3.63) is 65.2 Å². The van der Waals surface area contributed by atoms with Crippen LogP contribution in [0.1, 0.15) is 24.9 Å². The Morgan fingerprint density at radius 3 is 2.43 bits per heavy atom. The summed E-state index contributed by atoms with van der Waals surface area (Å²) >= 11 is 6.00. The Balaban J connectivity index is 1.66. The van der Waals surface area contributed by atoms with E-state index in [2.05, 4.69) is 10.2 Å². The van der Waals surface area contributed by atoms with Gasteiger partial charge in [0.15, 0.2) is 0 Å². The highest BCUT2D eigenvalue weighted by molar-refractivity contribution is 6.30. The van der Waals surface area contributed by atoms with Crippen LogP contribution >= 0.6 is 11.6 Å². The Labute approximate surface area is 183 Å². The summed E-state index contributed by atoms with van der Waals surface area (Å²) in [5, 5.41) is 3.47. The van der Waals surface area contributed by atoms with Crippen LogP contribution < -0.4 is 5.32 Å². The monoisotopic (exact) mass is 428 g/mol. The van der Waals surface area contributed by atoms with Crippen LogP contribution in [0.2, 0.25) is 5.02 Å². The van der Waals surface area contributed by atoms with Crippen LogP contribution in [0.4, 0.5) is 10.5 Å². The van der Waals surface area contributed by atoms with Crippen LogP contribution in [0.15, 0.2) is 54.6 Å². The maximum atomic E-state index is 13.4. The normalized spacial score (nSPS) is 15.6. The Hall–Kier alpha value is -2.57. The van der Waals surface area contributed by atoms with Gasteiger partial charge in [-0.25, -0.2) is 4.79 Å². The van der Waals surface area contributed by atoms with Crippen molar-refractivity contribution in [1.29, 1.82) is 0 Å². The number of carbonyl (C=O) groups is 2. The van der Waals surface area contributed by atoms with Crippen LogP contribution in [0.25, 0.3) is 0 Å². The van der Waals surface area contributed by atoms with Crippen molar-refractivity contribution >= 4 is 29.2 Å². The molecule has 0 spiro atoms. The summed E-state index contributed by atoms with van der Waals surface area (Å²) in [4.78, 5) is 31.8. The van der Waals surface area contributed by atoms with Crippen molar-refractivity contribution < 1.29 is 9.59 Å². The molecule has 0 saturated carbocycles. The smallest absolute Gasteiger partial charge is 0.321 e. The molecular weight excluding hydrogens is 400 g/mol. The van der Waals surface area contributed by atoms with Crippen molar-refractivity contribution in [3.8, 4) is 0 Å². The number of urea groups is 1. The van der Waals surface area contributed by atoms with Crippen molar-refractivity contribution in [2.45, 2.75) is 19.4 Å². The van der Waals surface area contributed by atoms with E-state index in [1.54, 1.807) is 23.1 Å². The lowest BCUT2D eigenvalue weighted by molar-refractivity contribution is -0.136. The maximum absolute atomic E-state index is 13.4. The van der Waals surface area contributed by atoms with E-state index in [1.807, 2.05) is 55.3 Å². The molecule has 1 atom stereocenters. The summed E-state index contributed by atoms with van der Waals surface area (Å²) in [6.07, 6.45) is 0.742. The first kappa shape index (κ1) is 22.1. The number of nitrogens with zero attached hydrogens (tertiary/aromatic N) is 3. The molecule has 6 nitrogen and oxygen atoms in total. The molecule has 1 aliphatic heterocycles. The number of likely N-dealkylation sites (N-methyl/N-ethyl adjacent to an activating group) is 1. The number of carbonyl (C=O) groups excluding carboxylic acids is 2. The summed E-state index contributed by atoms with van der Waals surface area (Å²) in [6.45, 7) is 5.08. The Morgan fingerprint density at radius 1 is 1.03 bits per heavy atom. The van der Waals surface area contributed by atoms with Gasteiger partial charge in [-0.05, 0) is 43.8 Å². The molecule has 2 aromatic carbocycles. The number of hydrogen-bond acceptors (Lipinski definition) is 3. The first-order chi connectivity index (χ1) is 14.5. The number of hydrogen-bond donors (Lipinski definition) is 1. The predicted octanol–water partition coefficient (Wildman–Crippen LogP) is 4.10. The number of rotatable bonds is 5. The molecule has 1 fully saturated rings. The molecule has 1 unspecified atom stereocenters. The van der Waals surface area contributed by atoms with E-state index in [9.17, 15) is 9.59 Å².